The van der Waals surface area contributed by atoms with Crippen molar-refractivity contribution in [1.82, 2.24) is 4.90 Å². The van der Waals surface area contributed by atoms with Crippen molar-refractivity contribution in [3.8, 4) is 0 Å². The summed E-state index contributed by atoms with van der Waals surface area (Å²) in [6.07, 6.45) is 7.70. The Hall–Kier alpha value is -1.82. The Morgan fingerprint density at radius 3 is 2.14 bits per heavy atom. The number of benzene rings is 1. The Morgan fingerprint density at radius 2 is 1.57 bits per heavy atom. The molecule has 6 heteroatoms. The van der Waals surface area contributed by atoms with Gasteiger partial charge >= 0.3 is 0 Å². The average molecular weight is 397 g/mol. The van der Waals surface area contributed by atoms with E-state index in [-0.39, 0.29) is 23.5 Å². The van der Waals surface area contributed by atoms with Crippen LogP contribution in [0.3, 0.4) is 0 Å². The maximum absolute atomic E-state index is 12.6. The molecule has 4 bridgehead atoms. The van der Waals surface area contributed by atoms with E-state index in [0.717, 1.165) is 28.7 Å². The third kappa shape index (κ3) is 2.64. The summed E-state index contributed by atoms with van der Waals surface area (Å²) in [5.74, 6) is 2.91. The van der Waals surface area contributed by atoms with Crippen LogP contribution in [0.15, 0.2) is 29.3 Å². The van der Waals surface area contributed by atoms with E-state index in [1.807, 2.05) is 0 Å². The molecule has 1 aromatic carbocycles. The predicted octanol–water partition coefficient (Wildman–Crippen LogP) is 3.74. The predicted molar refractivity (Wildman–Crippen MR) is 107 cm³/mol. The molecule has 0 unspecified atom stereocenters. The van der Waals surface area contributed by atoms with Crippen molar-refractivity contribution in [2.75, 3.05) is 12.3 Å². The second-order valence-corrected chi connectivity index (χ2v) is 10.3. The monoisotopic (exact) mass is 396 g/mol. The van der Waals surface area contributed by atoms with Crippen molar-refractivity contribution in [1.29, 1.82) is 0 Å². The highest BCUT2D eigenvalue weighted by Crippen LogP contribution is 2.57. The number of carbonyl (C=O) groups excluding carboxylic acids is 2. The minimum Gasteiger partial charge on any atom is -0.467 e. The van der Waals surface area contributed by atoms with Gasteiger partial charge in [0.1, 0.15) is 6.10 Å². The standard InChI is InChI=1S/C22H24N2O3S/c25-19-17-3-1-2-4-18(17)20(26)24(19)11-16-12-28-21(27-16)23-22-8-13-5-14(9-22)7-15(6-13)10-22/h1-4,13-16H,5-12H2/t13?,14?,15?,16-,22?/m1/s1. The molecule has 0 N–H and O–H groups in total. The van der Waals surface area contributed by atoms with Gasteiger partial charge in [0.15, 0.2) is 0 Å². The van der Waals surface area contributed by atoms with Crippen LogP contribution < -0.4 is 0 Å². The van der Waals surface area contributed by atoms with Crippen LogP contribution in [-0.2, 0) is 4.74 Å². The molecule has 0 spiro atoms. The number of rotatable bonds is 3. The van der Waals surface area contributed by atoms with Crippen molar-refractivity contribution >= 4 is 28.8 Å². The van der Waals surface area contributed by atoms with Gasteiger partial charge in [-0.3, -0.25) is 14.5 Å². The topological polar surface area (TPSA) is 59.0 Å². The first-order valence-electron chi connectivity index (χ1n) is 10.4. The molecule has 2 amide bonds. The average Bonchev–Trinajstić information content (AvgIpc) is 3.19. The Morgan fingerprint density at radius 1 is 1.00 bits per heavy atom. The van der Waals surface area contributed by atoms with Gasteiger partial charge in [0, 0.05) is 5.75 Å². The smallest absolute Gasteiger partial charge is 0.261 e. The van der Waals surface area contributed by atoms with Crippen LogP contribution in [0.1, 0.15) is 59.2 Å². The Labute approximate surface area is 168 Å². The Bertz CT molecular complexity index is 825. The number of fused-ring (bicyclic) bond motifs is 1. The van der Waals surface area contributed by atoms with Gasteiger partial charge in [-0.05, 0) is 68.4 Å². The van der Waals surface area contributed by atoms with Crippen LogP contribution >= 0.6 is 11.8 Å². The number of thioether (sulfide) groups is 1. The lowest BCUT2D eigenvalue weighted by Gasteiger charge is -2.54. The molecule has 7 rings (SSSR count). The summed E-state index contributed by atoms with van der Waals surface area (Å²) in [6, 6.07) is 7.04. The van der Waals surface area contributed by atoms with Gasteiger partial charge in [0.25, 0.3) is 11.8 Å². The zero-order chi connectivity index (χ0) is 18.9. The fraction of sp³-hybridized carbons (Fsp3) is 0.591. The fourth-order valence-electron chi connectivity index (χ4n) is 6.53. The summed E-state index contributed by atoms with van der Waals surface area (Å²) in [6.45, 7) is 0.305. The first-order chi connectivity index (χ1) is 13.6. The number of hydrogen-bond donors (Lipinski definition) is 0. The second-order valence-electron chi connectivity index (χ2n) is 9.34. The molecule has 5 nitrogen and oxygen atoms in total. The quantitative estimate of drug-likeness (QED) is 0.731. The molecule has 1 atom stereocenters. The maximum Gasteiger partial charge on any atom is 0.261 e. The van der Waals surface area contributed by atoms with E-state index in [1.165, 1.54) is 43.4 Å². The van der Waals surface area contributed by atoms with Gasteiger partial charge in [-0.1, -0.05) is 23.9 Å². The van der Waals surface area contributed by atoms with Gasteiger partial charge in [0.2, 0.25) is 5.23 Å². The molecule has 0 radical (unpaired) electrons. The minimum atomic E-state index is -0.208. The van der Waals surface area contributed by atoms with Gasteiger partial charge in [-0.25, -0.2) is 4.99 Å². The van der Waals surface area contributed by atoms with Crippen LogP contribution in [-0.4, -0.2) is 45.9 Å². The molecule has 146 valence electrons. The number of aliphatic imine (C=N–C) groups is 1. The van der Waals surface area contributed by atoms with E-state index in [2.05, 4.69) is 0 Å². The molecule has 2 aliphatic heterocycles. The molecule has 4 saturated carbocycles. The second kappa shape index (κ2) is 6.09. The molecule has 2 heterocycles. The van der Waals surface area contributed by atoms with E-state index in [1.54, 1.807) is 36.0 Å². The number of nitrogens with zero attached hydrogens (tertiary/aromatic N) is 2. The van der Waals surface area contributed by atoms with E-state index in [9.17, 15) is 9.59 Å². The zero-order valence-corrected chi connectivity index (χ0v) is 16.6. The first kappa shape index (κ1) is 17.1. The SMILES string of the molecule is O=C1c2ccccc2C(=O)N1C[C@@H]1CSC(=NC23CC4CC(CC(C4)C2)C3)O1. The Balaban J connectivity index is 1.16. The molecule has 4 aliphatic carbocycles. The lowest BCUT2D eigenvalue weighted by atomic mass is 9.53. The number of carbonyl (C=O) groups is 2. The van der Waals surface area contributed by atoms with Crippen molar-refractivity contribution in [2.24, 2.45) is 22.7 Å². The lowest BCUT2D eigenvalue weighted by Crippen LogP contribution is -2.49. The summed E-state index contributed by atoms with van der Waals surface area (Å²) in [5, 5.41) is 0.781. The lowest BCUT2D eigenvalue weighted by molar-refractivity contribution is 0.000443. The van der Waals surface area contributed by atoms with Crippen LogP contribution in [0.25, 0.3) is 0 Å². The van der Waals surface area contributed by atoms with Crippen LogP contribution in [0.5, 0.6) is 0 Å². The number of ether oxygens (including phenoxy) is 1. The van der Waals surface area contributed by atoms with E-state index < -0.39 is 0 Å². The number of imide groups is 1. The third-order valence-corrected chi connectivity index (χ3v) is 8.23. The highest BCUT2D eigenvalue weighted by atomic mass is 32.2. The summed E-state index contributed by atoms with van der Waals surface area (Å²) in [4.78, 5) is 31.7. The molecule has 1 aromatic rings. The highest BCUT2D eigenvalue weighted by molar-refractivity contribution is 8.13. The molecule has 1 saturated heterocycles. The van der Waals surface area contributed by atoms with Gasteiger partial charge in [0.05, 0.1) is 23.2 Å². The van der Waals surface area contributed by atoms with Crippen molar-refractivity contribution in [3.05, 3.63) is 35.4 Å². The number of hydrogen-bond acceptors (Lipinski definition) is 5. The Kier molecular flexibility index (Phi) is 3.71. The minimum absolute atomic E-state index is 0.0987. The van der Waals surface area contributed by atoms with E-state index >= 15 is 0 Å². The van der Waals surface area contributed by atoms with Crippen molar-refractivity contribution in [2.45, 2.75) is 50.2 Å². The van der Waals surface area contributed by atoms with Crippen molar-refractivity contribution in [3.63, 3.8) is 0 Å². The van der Waals surface area contributed by atoms with Crippen molar-refractivity contribution < 1.29 is 14.3 Å². The normalized spacial score (nSPS) is 39.7. The number of amides is 2. The first-order valence-corrected chi connectivity index (χ1v) is 11.4. The highest BCUT2D eigenvalue weighted by Gasteiger charge is 2.51. The summed E-state index contributed by atoms with van der Waals surface area (Å²) < 4.78 is 6.12. The third-order valence-electron chi connectivity index (χ3n) is 7.26. The van der Waals surface area contributed by atoms with E-state index in [4.69, 9.17) is 9.73 Å². The van der Waals surface area contributed by atoms with Gasteiger partial charge < -0.3 is 4.74 Å². The molecule has 5 fully saturated rings. The fourth-order valence-corrected chi connectivity index (χ4v) is 7.49. The van der Waals surface area contributed by atoms with Crippen LogP contribution in [0, 0.1) is 17.8 Å². The maximum atomic E-state index is 12.6. The molecule has 0 aromatic heterocycles. The largest absolute Gasteiger partial charge is 0.467 e. The summed E-state index contributed by atoms with van der Waals surface area (Å²) in [7, 11) is 0. The molecule has 6 aliphatic rings. The molecular weight excluding hydrogens is 372 g/mol. The zero-order valence-electron chi connectivity index (χ0n) is 15.8. The summed E-state index contributed by atoms with van der Waals surface area (Å²) >= 11 is 1.65. The summed E-state index contributed by atoms with van der Waals surface area (Å²) in [5.41, 5.74) is 1.10. The molecular formula is C22H24N2O3S. The van der Waals surface area contributed by atoms with Gasteiger partial charge in [-0.15, -0.1) is 0 Å². The molecule has 28 heavy (non-hydrogen) atoms. The van der Waals surface area contributed by atoms with Crippen LogP contribution in [0.4, 0.5) is 0 Å². The van der Waals surface area contributed by atoms with Gasteiger partial charge in [-0.2, -0.15) is 0 Å². The van der Waals surface area contributed by atoms with Crippen LogP contribution in [0.2, 0.25) is 0 Å². The van der Waals surface area contributed by atoms with E-state index in [0.29, 0.717) is 17.7 Å².